The molecule has 0 saturated carbocycles. The van der Waals surface area contributed by atoms with Crippen LogP contribution in [0.1, 0.15) is 44.9 Å². The SMILES string of the molecule is COc1ccc2cc([C@H](C)C(=O)Nc3cc(C(C)(C)C)on3)ccc2c1. The Morgan fingerprint density at radius 3 is 2.46 bits per heavy atom. The van der Waals surface area contributed by atoms with Crippen LogP contribution in [-0.4, -0.2) is 18.2 Å². The van der Waals surface area contributed by atoms with Crippen molar-refractivity contribution in [3.8, 4) is 5.75 Å². The molecule has 2 aromatic carbocycles. The summed E-state index contributed by atoms with van der Waals surface area (Å²) in [6.45, 7) is 7.98. The molecule has 0 aliphatic rings. The van der Waals surface area contributed by atoms with Gasteiger partial charge < -0.3 is 14.6 Å². The number of fused-ring (bicyclic) bond motifs is 1. The maximum Gasteiger partial charge on any atom is 0.232 e. The van der Waals surface area contributed by atoms with Crippen LogP contribution in [-0.2, 0) is 10.2 Å². The third-order valence-electron chi connectivity index (χ3n) is 4.47. The highest BCUT2D eigenvalue weighted by Gasteiger charge is 2.22. The zero-order valence-corrected chi connectivity index (χ0v) is 15.8. The number of anilines is 1. The van der Waals surface area contributed by atoms with Gasteiger partial charge in [0, 0.05) is 11.5 Å². The molecule has 26 heavy (non-hydrogen) atoms. The second-order valence-corrected chi connectivity index (χ2v) is 7.51. The average Bonchev–Trinajstić information content (AvgIpc) is 3.09. The summed E-state index contributed by atoms with van der Waals surface area (Å²) in [4.78, 5) is 12.6. The number of ether oxygens (including phenoxy) is 1. The Labute approximate surface area is 153 Å². The highest BCUT2D eigenvalue weighted by atomic mass is 16.5. The third-order valence-corrected chi connectivity index (χ3v) is 4.47. The number of carbonyl (C=O) groups excluding carboxylic acids is 1. The van der Waals surface area contributed by atoms with E-state index in [-0.39, 0.29) is 17.2 Å². The van der Waals surface area contributed by atoms with Crippen molar-refractivity contribution in [1.29, 1.82) is 0 Å². The molecule has 5 heteroatoms. The number of carbonyl (C=O) groups is 1. The van der Waals surface area contributed by atoms with Crippen molar-refractivity contribution in [2.24, 2.45) is 0 Å². The monoisotopic (exact) mass is 352 g/mol. The van der Waals surface area contributed by atoms with Crippen molar-refractivity contribution in [2.75, 3.05) is 12.4 Å². The molecule has 3 rings (SSSR count). The second kappa shape index (κ2) is 6.83. The molecule has 0 bridgehead atoms. The Morgan fingerprint density at radius 2 is 1.81 bits per heavy atom. The first-order valence-corrected chi connectivity index (χ1v) is 8.63. The van der Waals surface area contributed by atoms with Crippen LogP contribution in [0.25, 0.3) is 10.8 Å². The molecule has 3 aromatic rings. The Kier molecular flexibility index (Phi) is 4.72. The van der Waals surface area contributed by atoms with Crippen molar-refractivity contribution in [3.05, 3.63) is 53.8 Å². The molecule has 1 N–H and O–H groups in total. The van der Waals surface area contributed by atoms with E-state index in [1.807, 2.05) is 64.1 Å². The van der Waals surface area contributed by atoms with E-state index in [0.29, 0.717) is 5.82 Å². The third kappa shape index (κ3) is 3.72. The lowest BCUT2D eigenvalue weighted by molar-refractivity contribution is -0.117. The Hall–Kier alpha value is -2.82. The van der Waals surface area contributed by atoms with E-state index in [0.717, 1.165) is 27.8 Å². The van der Waals surface area contributed by atoms with Crippen LogP contribution in [0, 0.1) is 0 Å². The number of hydrogen-bond acceptors (Lipinski definition) is 4. The van der Waals surface area contributed by atoms with Gasteiger partial charge in [-0.15, -0.1) is 0 Å². The number of nitrogens with one attached hydrogen (secondary N) is 1. The van der Waals surface area contributed by atoms with Crippen molar-refractivity contribution < 1.29 is 14.1 Å². The van der Waals surface area contributed by atoms with E-state index in [2.05, 4.69) is 10.5 Å². The molecule has 0 aliphatic carbocycles. The van der Waals surface area contributed by atoms with Gasteiger partial charge in [-0.2, -0.15) is 0 Å². The normalized spacial score (nSPS) is 12.8. The molecule has 0 saturated heterocycles. The van der Waals surface area contributed by atoms with Crippen LogP contribution in [0.3, 0.4) is 0 Å². The minimum Gasteiger partial charge on any atom is -0.497 e. The molecule has 0 unspecified atom stereocenters. The van der Waals surface area contributed by atoms with Crippen LogP contribution in [0.5, 0.6) is 5.75 Å². The summed E-state index contributed by atoms with van der Waals surface area (Å²) in [6.07, 6.45) is 0. The van der Waals surface area contributed by atoms with E-state index in [4.69, 9.17) is 9.26 Å². The number of aromatic nitrogens is 1. The van der Waals surface area contributed by atoms with E-state index in [1.54, 1.807) is 13.2 Å². The lowest BCUT2D eigenvalue weighted by Gasteiger charge is -2.13. The van der Waals surface area contributed by atoms with Crippen LogP contribution in [0.2, 0.25) is 0 Å². The lowest BCUT2D eigenvalue weighted by atomic mass is 9.93. The summed E-state index contributed by atoms with van der Waals surface area (Å²) >= 11 is 0. The summed E-state index contributed by atoms with van der Waals surface area (Å²) in [7, 11) is 1.65. The number of methoxy groups -OCH3 is 1. The van der Waals surface area contributed by atoms with Crippen molar-refractivity contribution in [2.45, 2.75) is 39.0 Å². The molecule has 136 valence electrons. The Balaban J connectivity index is 1.77. The largest absolute Gasteiger partial charge is 0.497 e. The van der Waals surface area contributed by atoms with Gasteiger partial charge in [0.1, 0.15) is 11.5 Å². The van der Waals surface area contributed by atoms with Gasteiger partial charge in [0.05, 0.1) is 13.0 Å². The fraction of sp³-hybridized carbons (Fsp3) is 0.333. The fourth-order valence-electron chi connectivity index (χ4n) is 2.71. The van der Waals surface area contributed by atoms with Gasteiger partial charge in [-0.25, -0.2) is 0 Å². The van der Waals surface area contributed by atoms with Crippen molar-refractivity contribution in [3.63, 3.8) is 0 Å². The maximum absolute atomic E-state index is 12.6. The number of benzene rings is 2. The minimum absolute atomic E-state index is 0.119. The maximum atomic E-state index is 12.6. The van der Waals surface area contributed by atoms with Gasteiger partial charge in [0.2, 0.25) is 5.91 Å². The predicted molar refractivity (Wildman–Crippen MR) is 103 cm³/mol. The molecule has 0 fully saturated rings. The van der Waals surface area contributed by atoms with E-state index in [1.165, 1.54) is 0 Å². The molecule has 1 aromatic heterocycles. The van der Waals surface area contributed by atoms with Crippen LogP contribution in [0.15, 0.2) is 47.0 Å². The van der Waals surface area contributed by atoms with E-state index < -0.39 is 0 Å². The zero-order valence-electron chi connectivity index (χ0n) is 15.8. The smallest absolute Gasteiger partial charge is 0.232 e. The van der Waals surface area contributed by atoms with Gasteiger partial charge in [0.25, 0.3) is 0 Å². The first-order chi connectivity index (χ1) is 12.3. The predicted octanol–water partition coefficient (Wildman–Crippen LogP) is 4.88. The molecule has 5 nitrogen and oxygen atoms in total. The lowest BCUT2D eigenvalue weighted by Crippen LogP contribution is -2.19. The van der Waals surface area contributed by atoms with Gasteiger partial charge in [0.15, 0.2) is 5.82 Å². The highest BCUT2D eigenvalue weighted by Crippen LogP contribution is 2.27. The molecule has 0 spiro atoms. The van der Waals surface area contributed by atoms with Gasteiger partial charge in [-0.1, -0.05) is 50.2 Å². The molecule has 1 heterocycles. The van der Waals surface area contributed by atoms with Crippen LogP contribution >= 0.6 is 0 Å². The number of nitrogens with zero attached hydrogens (tertiary/aromatic N) is 1. The topological polar surface area (TPSA) is 64.4 Å². The van der Waals surface area contributed by atoms with Crippen LogP contribution in [0.4, 0.5) is 5.82 Å². The standard InChI is InChI=1S/C21H24N2O3/c1-13(20(24)22-19-12-18(26-23-19)21(2,3)4)14-6-7-16-11-17(25-5)9-8-15(16)10-14/h6-13H,1-5H3,(H,22,23,24)/t13-/m0/s1. The van der Waals surface area contributed by atoms with Gasteiger partial charge >= 0.3 is 0 Å². The quantitative estimate of drug-likeness (QED) is 0.727. The summed E-state index contributed by atoms with van der Waals surface area (Å²) in [5.41, 5.74) is 0.792. The number of amides is 1. The summed E-state index contributed by atoms with van der Waals surface area (Å²) in [5, 5.41) is 8.93. The summed E-state index contributed by atoms with van der Waals surface area (Å²) < 4.78 is 10.6. The number of rotatable bonds is 4. The molecular weight excluding hydrogens is 328 g/mol. The summed E-state index contributed by atoms with van der Waals surface area (Å²) in [5.74, 6) is 1.57. The van der Waals surface area contributed by atoms with E-state index >= 15 is 0 Å². The van der Waals surface area contributed by atoms with Crippen molar-refractivity contribution >= 4 is 22.5 Å². The highest BCUT2D eigenvalue weighted by molar-refractivity contribution is 5.96. The summed E-state index contributed by atoms with van der Waals surface area (Å²) in [6, 6.07) is 13.7. The zero-order chi connectivity index (χ0) is 18.9. The molecule has 1 amide bonds. The van der Waals surface area contributed by atoms with Crippen molar-refractivity contribution in [1.82, 2.24) is 5.16 Å². The van der Waals surface area contributed by atoms with Gasteiger partial charge in [-0.3, -0.25) is 4.79 Å². The molecule has 0 radical (unpaired) electrons. The molecule has 1 atom stereocenters. The molecule has 0 aliphatic heterocycles. The van der Waals surface area contributed by atoms with Crippen LogP contribution < -0.4 is 10.1 Å². The minimum atomic E-state index is -0.309. The average molecular weight is 352 g/mol. The Morgan fingerprint density at radius 1 is 1.12 bits per heavy atom. The molecular formula is C21H24N2O3. The first kappa shape index (κ1) is 18.0. The van der Waals surface area contributed by atoms with Gasteiger partial charge in [-0.05, 0) is 35.4 Å². The first-order valence-electron chi connectivity index (χ1n) is 8.63. The second-order valence-electron chi connectivity index (χ2n) is 7.51. The number of hydrogen-bond donors (Lipinski definition) is 1. The van der Waals surface area contributed by atoms with E-state index in [9.17, 15) is 4.79 Å². The fourth-order valence-corrected chi connectivity index (χ4v) is 2.71. The Bertz CT molecular complexity index is 938.